The van der Waals surface area contributed by atoms with Crippen LogP contribution in [0, 0.1) is 5.92 Å². The molecule has 1 rings (SSSR count). The third kappa shape index (κ3) is 3.93. The van der Waals surface area contributed by atoms with Crippen LogP contribution in [-0.2, 0) is 9.59 Å². The minimum atomic E-state index is -0.0283. The Morgan fingerprint density at radius 1 is 1.25 bits per heavy atom. The average molecular weight is 226 g/mol. The highest BCUT2D eigenvalue weighted by atomic mass is 16.2. The van der Waals surface area contributed by atoms with Gasteiger partial charge < -0.3 is 5.32 Å². The minimum Gasteiger partial charge on any atom is -0.310 e. The molecular formula is C12H22N2O2. The molecule has 16 heavy (non-hydrogen) atoms. The minimum absolute atomic E-state index is 0.0230. The van der Waals surface area contributed by atoms with Crippen LogP contribution in [0.25, 0.3) is 0 Å². The Morgan fingerprint density at radius 3 is 2.19 bits per heavy atom. The van der Waals surface area contributed by atoms with Crippen molar-refractivity contribution in [3.05, 3.63) is 0 Å². The first-order chi connectivity index (χ1) is 7.29. The zero-order chi connectivity index (χ0) is 12.3. The Labute approximate surface area is 97.4 Å². The van der Waals surface area contributed by atoms with Crippen molar-refractivity contribution in [3.8, 4) is 0 Å². The number of likely N-dealkylation sites (tertiary alicyclic amines) is 1. The molecule has 92 valence electrons. The molecular weight excluding hydrogens is 204 g/mol. The summed E-state index contributed by atoms with van der Waals surface area (Å²) < 4.78 is 0. The predicted octanol–water partition coefficient (Wildman–Crippen LogP) is 1.16. The molecule has 1 aliphatic rings. The lowest BCUT2D eigenvalue weighted by atomic mass is 9.98. The molecule has 1 N–H and O–H groups in total. The standard InChI is InChI=1S/C12H22N2O2/c1-9-7-10(15)14(11(16)8-9)6-5-13-12(2,3)4/h9,13H,5-8H2,1-4H3. The van der Waals surface area contributed by atoms with E-state index in [2.05, 4.69) is 26.1 Å². The van der Waals surface area contributed by atoms with Crippen LogP contribution >= 0.6 is 0 Å². The molecule has 0 aliphatic carbocycles. The van der Waals surface area contributed by atoms with E-state index in [1.807, 2.05) is 6.92 Å². The summed E-state index contributed by atoms with van der Waals surface area (Å²) in [5, 5.41) is 3.28. The first kappa shape index (κ1) is 13.2. The maximum absolute atomic E-state index is 11.6. The molecule has 2 amide bonds. The first-order valence-corrected chi connectivity index (χ1v) is 5.88. The summed E-state index contributed by atoms with van der Waals surface area (Å²) in [7, 11) is 0. The van der Waals surface area contributed by atoms with Crippen molar-refractivity contribution >= 4 is 11.8 Å². The predicted molar refractivity (Wildman–Crippen MR) is 62.9 cm³/mol. The number of amides is 2. The van der Waals surface area contributed by atoms with Gasteiger partial charge in [-0.1, -0.05) is 6.92 Å². The number of imide groups is 1. The molecule has 0 aromatic rings. The van der Waals surface area contributed by atoms with E-state index < -0.39 is 0 Å². The van der Waals surface area contributed by atoms with Crippen molar-refractivity contribution in [1.82, 2.24) is 10.2 Å². The third-order valence-electron chi connectivity index (χ3n) is 2.64. The van der Waals surface area contributed by atoms with Gasteiger partial charge in [0.05, 0.1) is 0 Å². The lowest BCUT2D eigenvalue weighted by molar-refractivity contribution is -0.149. The molecule has 1 heterocycles. The van der Waals surface area contributed by atoms with E-state index >= 15 is 0 Å². The molecule has 1 fully saturated rings. The summed E-state index contributed by atoms with van der Waals surface area (Å²) in [6.07, 6.45) is 1.00. The Kier molecular flexibility index (Phi) is 4.08. The topological polar surface area (TPSA) is 49.4 Å². The highest BCUT2D eigenvalue weighted by Crippen LogP contribution is 2.18. The van der Waals surface area contributed by atoms with Crippen molar-refractivity contribution in [2.45, 2.75) is 46.1 Å². The van der Waals surface area contributed by atoms with E-state index in [9.17, 15) is 9.59 Å². The molecule has 0 bridgehead atoms. The molecule has 0 aromatic carbocycles. The molecule has 0 atom stereocenters. The largest absolute Gasteiger partial charge is 0.310 e. The lowest BCUT2D eigenvalue weighted by Crippen LogP contribution is -2.48. The monoisotopic (exact) mass is 226 g/mol. The van der Waals surface area contributed by atoms with Crippen LogP contribution in [0.2, 0.25) is 0 Å². The van der Waals surface area contributed by atoms with Gasteiger partial charge in [0.15, 0.2) is 0 Å². The number of rotatable bonds is 3. The van der Waals surface area contributed by atoms with E-state index in [4.69, 9.17) is 0 Å². The van der Waals surface area contributed by atoms with Gasteiger partial charge in [-0.15, -0.1) is 0 Å². The molecule has 0 saturated carbocycles. The fourth-order valence-corrected chi connectivity index (χ4v) is 1.82. The van der Waals surface area contributed by atoms with Crippen LogP contribution in [0.3, 0.4) is 0 Å². The maximum Gasteiger partial charge on any atom is 0.229 e. The second-order valence-corrected chi connectivity index (χ2v) is 5.63. The van der Waals surface area contributed by atoms with Gasteiger partial charge in [0.2, 0.25) is 11.8 Å². The van der Waals surface area contributed by atoms with Gasteiger partial charge in [-0.05, 0) is 26.7 Å². The molecule has 0 spiro atoms. The van der Waals surface area contributed by atoms with Crippen LogP contribution in [-0.4, -0.2) is 35.3 Å². The zero-order valence-electron chi connectivity index (χ0n) is 10.7. The van der Waals surface area contributed by atoms with Crippen molar-refractivity contribution in [3.63, 3.8) is 0 Å². The van der Waals surface area contributed by atoms with Gasteiger partial charge in [0.1, 0.15) is 0 Å². The van der Waals surface area contributed by atoms with E-state index in [1.165, 1.54) is 4.90 Å². The second-order valence-electron chi connectivity index (χ2n) is 5.63. The van der Waals surface area contributed by atoms with E-state index in [-0.39, 0.29) is 23.3 Å². The first-order valence-electron chi connectivity index (χ1n) is 5.88. The number of nitrogens with one attached hydrogen (secondary N) is 1. The molecule has 0 radical (unpaired) electrons. The van der Waals surface area contributed by atoms with Gasteiger partial charge in [-0.2, -0.15) is 0 Å². The van der Waals surface area contributed by atoms with Crippen molar-refractivity contribution < 1.29 is 9.59 Å². The lowest BCUT2D eigenvalue weighted by Gasteiger charge is -2.29. The molecule has 0 aromatic heterocycles. The van der Waals surface area contributed by atoms with Gasteiger partial charge in [-0.25, -0.2) is 0 Å². The number of carbonyl (C=O) groups excluding carboxylic acids is 2. The summed E-state index contributed by atoms with van der Waals surface area (Å²) in [6.45, 7) is 9.29. The molecule has 4 heteroatoms. The quantitative estimate of drug-likeness (QED) is 0.735. The third-order valence-corrected chi connectivity index (χ3v) is 2.64. The average Bonchev–Trinajstić information content (AvgIpc) is 2.07. The molecule has 0 unspecified atom stereocenters. The SMILES string of the molecule is CC1CC(=O)N(CCNC(C)(C)C)C(=O)C1. The van der Waals surface area contributed by atoms with Gasteiger partial charge in [0, 0.05) is 31.5 Å². The normalized spacial score (nSPS) is 19.4. The Morgan fingerprint density at radius 2 is 1.75 bits per heavy atom. The van der Waals surface area contributed by atoms with Gasteiger partial charge >= 0.3 is 0 Å². The Hall–Kier alpha value is -0.900. The van der Waals surface area contributed by atoms with Gasteiger partial charge in [-0.3, -0.25) is 14.5 Å². The smallest absolute Gasteiger partial charge is 0.229 e. The summed E-state index contributed by atoms with van der Waals surface area (Å²) in [5.74, 6) is 0.144. The fraction of sp³-hybridized carbons (Fsp3) is 0.833. The van der Waals surface area contributed by atoms with Crippen LogP contribution < -0.4 is 5.32 Å². The molecule has 1 aliphatic heterocycles. The maximum atomic E-state index is 11.6. The number of hydrogen-bond acceptors (Lipinski definition) is 3. The second kappa shape index (κ2) is 4.95. The summed E-state index contributed by atoms with van der Waals surface area (Å²) in [4.78, 5) is 24.7. The highest BCUT2D eigenvalue weighted by molar-refractivity contribution is 5.97. The Balaban J connectivity index is 2.42. The number of hydrogen-bond donors (Lipinski definition) is 1. The van der Waals surface area contributed by atoms with E-state index in [0.29, 0.717) is 25.9 Å². The van der Waals surface area contributed by atoms with E-state index in [0.717, 1.165) is 0 Å². The highest BCUT2D eigenvalue weighted by Gasteiger charge is 2.29. The van der Waals surface area contributed by atoms with E-state index in [1.54, 1.807) is 0 Å². The van der Waals surface area contributed by atoms with Crippen molar-refractivity contribution in [2.75, 3.05) is 13.1 Å². The van der Waals surface area contributed by atoms with Crippen LogP contribution in [0.1, 0.15) is 40.5 Å². The fourth-order valence-electron chi connectivity index (χ4n) is 1.82. The van der Waals surface area contributed by atoms with Crippen LogP contribution in [0.15, 0.2) is 0 Å². The zero-order valence-corrected chi connectivity index (χ0v) is 10.7. The summed E-state index contributed by atoms with van der Waals surface area (Å²) >= 11 is 0. The number of carbonyl (C=O) groups is 2. The Bertz CT molecular complexity index is 263. The number of nitrogens with zero attached hydrogens (tertiary/aromatic N) is 1. The summed E-state index contributed by atoms with van der Waals surface area (Å²) in [5.41, 5.74) is 0.0230. The van der Waals surface area contributed by atoms with Crippen LogP contribution in [0.4, 0.5) is 0 Å². The molecule has 1 saturated heterocycles. The summed E-state index contributed by atoms with van der Waals surface area (Å²) in [6, 6.07) is 0. The van der Waals surface area contributed by atoms with Crippen molar-refractivity contribution in [1.29, 1.82) is 0 Å². The number of piperidine rings is 1. The molecule has 4 nitrogen and oxygen atoms in total. The van der Waals surface area contributed by atoms with Crippen LogP contribution in [0.5, 0.6) is 0 Å². The van der Waals surface area contributed by atoms with Gasteiger partial charge in [0.25, 0.3) is 0 Å². The van der Waals surface area contributed by atoms with Crippen molar-refractivity contribution in [2.24, 2.45) is 5.92 Å².